The molecule has 22 heavy (non-hydrogen) atoms. The molecule has 0 radical (unpaired) electrons. The number of halogens is 1. The van der Waals surface area contributed by atoms with Gasteiger partial charge in [-0.15, -0.1) is 0 Å². The van der Waals surface area contributed by atoms with Gasteiger partial charge in [-0.1, -0.05) is 12.1 Å². The molecular weight excluding hydrogens is 344 g/mol. The standard InChI is InChI=1S/C17H13BrN2O2/c18-14-4-1-2-5-15(14)19-12-7-9-13(10-8-12)20-17(21)16-6-3-11-22-16/h1-11,19H,(H,20,21). The Bertz CT molecular complexity index is 768. The highest BCUT2D eigenvalue weighted by atomic mass is 79.9. The minimum Gasteiger partial charge on any atom is -0.459 e. The topological polar surface area (TPSA) is 54.3 Å². The molecule has 1 amide bonds. The van der Waals surface area contributed by atoms with Crippen LogP contribution in [0.2, 0.25) is 0 Å². The number of benzene rings is 2. The molecule has 5 heteroatoms. The minimum absolute atomic E-state index is 0.267. The fourth-order valence-electron chi connectivity index (χ4n) is 1.96. The second kappa shape index (κ2) is 6.49. The van der Waals surface area contributed by atoms with E-state index < -0.39 is 0 Å². The summed E-state index contributed by atoms with van der Waals surface area (Å²) in [6.45, 7) is 0. The van der Waals surface area contributed by atoms with Crippen LogP contribution in [0, 0.1) is 0 Å². The summed E-state index contributed by atoms with van der Waals surface area (Å²) >= 11 is 3.49. The second-order valence-corrected chi connectivity index (χ2v) is 5.47. The first-order valence-electron chi connectivity index (χ1n) is 6.69. The maximum atomic E-state index is 11.9. The van der Waals surface area contributed by atoms with Gasteiger partial charge in [0, 0.05) is 15.8 Å². The Kier molecular flexibility index (Phi) is 4.25. The van der Waals surface area contributed by atoms with Gasteiger partial charge in [0.15, 0.2) is 5.76 Å². The Morgan fingerprint density at radius 2 is 1.64 bits per heavy atom. The number of nitrogens with one attached hydrogen (secondary N) is 2. The predicted molar refractivity (Wildman–Crippen MR) is 90.5 cm³/mol. The number of hydrogen-bond donors (Lipinski definition) is 2. The molecular formula is C17H13BrN2O2. The van der Waals surface area contributed by atoms with Crippen molar-refractivity contribution < 1.29 is 9.21 Å². The molecule has 110 valence electrons. The number of carbonyl (C=O) groups is 1. The van der Waals surface area contributed by atoms with E-state index in [1.165, 1.54) is 6.26 Å². The summed E-state index contributed by atoms with van der Waals surface area (Å²) in [5, 5.41) is 6.08. The summed E-state index contributed by atoms with van der Waals surface area (Å²) in [5.74, 6) is 0.0203. The lowest BCUT2D eigenvalue weighted by Gasteiger charge is -2.09. The van der Waals surface area contributed by atoms with Crippen molar-refractivity contribution in [3.05, 3.63) is 77.2 Å². The normalized spacial score (nSPS) is 10.2. The first kappa shape index (κ1) is 14.4. The smallest absolute Gasteiger partial charge is 0.291 e. The molecule has 3 rings (SSSR count). The lowest BCUT2D eigenvalue weighted by molar-refractivity contribution is 0.0996. The van der Waals surface area contributed by atoms with Crippen LogP contribution >= 0.6 is 15.9 Å². The van der Waals surface area contributed by atoms with Gasteiger partial charge in [0.25, 0.3) is 5.91 Å². The summed E-state index contributed by atoms with van der Waals surface area (Å²) in [6.07, 6.45) is 1.47. The van der Waals surface area contributed by atoms with E-state index in [2.05, 4.69) is 26.6 Å². The molecule has 0 saturated carbocycles. The van der Waals surface area contributed by atoms with Crippen molar-refractivity contribution in [2.24, 2.45) is 0 Å². The maximum absolute atomic E-state index is 11.9. The fraction of sp³-hybridized carbons (Fsp3) is 0. The van der Waals surface area contributed by atoms with Gasteiger partial charge in [0.1, 0.15) is 0 Å². The molecule has 1 aromatic heterocycles. The SMILES string of the molecule is O=C(Nc1ccc(Nc2ccccc2Br)cc1)c1ccco1. The largest absolute Gasteiger partial charge is 0.459 e. The fourth-order valence-corrected chi connectivity index (χ4v) is 2.34. The van der Waals surface area contributed by atoms with Gasteiger partial charge >= 0.3 is 0 Å². The molecule has 2 N–H and O–H groups in total. The molecule has 0 bridgehead atoms. The van der Waals surface area contributed by atoms with Crippen molar-refractivity contribution in [2.45, 2.75) is 0 Å². The first-order chi connectivity index (χ1) is 10.7. The van der Waals surface area contributed by atoms with Crippen LogP contribution in [-0.2, 0) is 0 Å². The minimum atomic E-state index is -0.267. The average Bonchev–Trinajstić information content (AvgIpc) is 3.06. The summed E-state index contributed by atoms with van der Waals surface area (Å²) in [7, 11) is 0. The van der Waals surface area contributed by atoms with Crippen molar-refractivity contribution in [3.8, 4) is 0 Å². The van der Waals surface area contributed by atoms with E-state index in [1.807, 2.05) is 48.5 Å². The van der Waals surface area contributed by atoms with Crippen LogP contribution in [-0.4, -0.2) is 5.91 Å². The zero-order valence-electron chi connectivity index (χ0n) is 11.5. The van der Waals surface area contributed by atoms with Gasteiger partial charge in [-0.2, -0.15) is 0 Å². The van der Waals surface area contributed by atoms with E-state index >= 15 is 0 Å². The van der Waals surface area contributed by atoms with E-state index in [0.717, 1.165) is 15.8 Å². The Balaban J connectivity index is 1.68. The molecule has 0 saturated heterocycles. The molecule has 1 heterocycles. The highest BCUT2D eigenvalue weighted by Crippen LogP contribution is 2.26. The zero-order valence-corrected chi connectivity index (χ0v) is 13.1. The monoisotopic (exact) mass is 356 g/mol. The molecule has 4 nitrogen and oxygen atoms in total. The number of hydrogen-bond acceptors (Lipinski definition) is 3. The summed E-state index contributed by atoms with van der Waals surface area (Å²) in [4.78, 5) is 11.9. The Labute approximate surface area is 136 Å². The Morgan fingerprint density at radius 1 is 0.909 bits per heavy atom. The van der Waals surface area contributed by atoms with Crippen molar-refractivity contribution in [1.82, 2.24) is 0 Å². The number of furan rings is 1. The molecule has 2 aromatic carbocycles. The summed E-state index contributed by atoms with van der Waals surface area (Å²) in [5.41, 5.74) is 2.62. The summed E-state index contributed by atoms with van der Waals surface area (Å²) in [6, 6.07) is 18.6. The molecule has 0 unspecified atom stereocenters. The predicted octanol–water partition coefficient (Wildman–Crippen LogP) is 5.04. The third-order valence-electron chi connectivity index (χ3n) is 3.04. The molecule has 0 aliphatic carbocycles. The van der Waals surface area contributed by atoms with Crippen LogP contribution in [0.1, 0.15) is 10.6 Å². The highest BCUT2D eigenvalue weighted by Gasteiger charge is 2.08. The van der Waals surface area contributed by atoms with E-state index in [1.54, 1.807) is 12.1 Å². The lowest BCUT2D eigenvalue weighted by Crippen LogP contribution is -2.10. The van der Waals surface area contributed by atoms with Crippen molar-refractivity contribution in [3.63, 3.8) is 0 Å². The van der Waals surface area contributed by atoms with Crippen LogP contribution < -0.4 is 10.6 Å². The first-order valence-corrected chi connectivity index (χ1v) is 7.48. The van der Waals surface area contributed by atoms with Crippen molar-refractivity contribution >= 4 is 38.9 Å². The maximum Gasteiger partial charge on any atom is 0.291 e. The van der Waals surface area contributed by atoms with E-state index in [-0.39, 0.29) is 11.7 Å². The van der Waals surface area contributed by atoms with Crippen LogP contribution in [0.4, 0.5) is 17.1 Å². The number of carbonyl (C=O) groups excluding carboxylic acids is 1. The summed E-state index contributed by atoms with van der Waals surface area (Å²) < 4.78 is 6.04. The van der Waals surface area contributed by atoms with Gasteiger partial charge in [-0.05, 0) is 64.5 Å². The van der Waals surface area contributed by atoms with Gasteiger partial charge in [-0.25, -0.2) is 0 Å². The molecule has 3 aromatic rings. The highest BCUT2D eigenvalue weighted by molar-refractivity contribution is 9.10. The number of rotatable bonds is 4. The van der Waals surface area contributed by atoms with Crippen LogP contribution in [0.5, 0.6) is 0 Å². The molecule has 0 fully saturated rings. The van der Waals surface area contributed by atoms with Crippen LogP contribution in [0.3, 0.4) is 0 Å². The zero-order chi connectivity index (χ0) is 15.4. The molecule has 0 spiro atoms. The van der Waals surface area contributed by atoms with Gasteiger partial charge in [-0.3, -0.25) is 4.79 Å². The Hall–Kier alpha value is -2.53. The van der Waals surface area contributed by atoms with E-state index in [9.17, 15) is 4.79 Å². The molecule has 0 aliphatic rings. The number of anilines is 3. The second-order valence-electron chi connectivity index (χ2n) is 4.61. The van der Waals surface area contributed by atoms with Crippen LogP contribution in [0.15, 0.2) is 75.8 Å². The Morgan fingerprint density at radius 3 is 2.32 bits per heavy atom. The van der Waals surface area contributed by atoms with E-state index in [0.29, 0.717) is 5.69 Å². The van der Waals surface area contributed by atoms with Gasteiger partial charge in [0.05, 0.1) is 12.0 Å². The van der Waals surface area contributed by atoms with Crippen molar-refractivity contribution in [2.75, 3.05) is 10.6 Å². The number of amides is 1. The van der Waals surface area contributed by atoms with Gasteiger partial charge < -0.3 is 15.1 Å². The molecule has 0 aliphatic heterocycles. The quantitative estimate of drug-likeness (QED) is 0.688. The number of para-hydroxylation sites is 1. The van der Waals surface area contributed by atoms with Crippen molar-refractivity contribution in [1.29, 1.82) is 0 Å². The lowest BCUT2D eigenvalue weighted by atomic mass is 10.2. The third kappa shape index (κ3) is 3.38. The van der Waals surface area contributed by atoms with Gasteiger partial charge in [0.2, 0.25) is 0 Å². The third-order valence-corrected chi connectivity index (χ3v) is 3.73. The van der Waals surface area contributed by atoms with Crippen LogP contribution in [0.25, 0.3) is 0 Å². The molecule has 0 atom stereocenters. The van der Waals surface area contributed by atoms with E-state index in [4.69, 9.17) is 4.42 Å². The average molecular weight is 357 g/mol.